The van der Waals surface area contributed by atoms with Crippen molar-refractivity contribution < 1.29 is 43.2 Å². The summed E-state index contributed by atoms with van der Waals surface area (Å²) < 4.78 is 20.1. The molecule has 0 aromatic carbocycles. The highest BCUT2D eigenvalue weighted by molar-refractivity contribution is 5.69. The number of rotatable bonds is 5. The number of aliphatic hydroxyl groups is 1. The summed E-state index contributed by atoms with van der Waals surface area (Å²) in [7, 11) is 0. The van der Waals surface area contributed by atoms with E-state index in [4.69, 9.17) is 18.9 Å². The number of aliphatic hydroxyl groups excluding tert-OH is 1. The van der Waals surface area contributed by atoms with Crippen LogP contribution in [0.3, 0.4) is 0 Å². The van der Waals surface area contributed by atoms with Crippen LogP contribution in [0.1, 0.15) is 27.7 Å². The van der Waals surface area contributed by atoms with Crippen molar-refractivity contribution in [3.8, 4) is 0 Å². The summed E-state index contributed by atoms with van der Waals surface area (Å²) in [6, 6.07) is 0. The van der Waals surface area contributed by atoms with Crippen molar-refractivity contribution in [2.75, 3.05) is 6.61 Å². The van der Waals surface area contributed by atoms with E-state index in [0.29, 0.717) is 0 Å². The average molecular weight is 344 g/mol. The summed E-state index contributed by atoms with van der Waals surface area (Å²) >= 11 is 0. The van der Waals surface area contributed by atoms with Crippen LogP contribution in [0.5, 0.6) is 0 Å². The predicted molar refractivity (Wildman–Crippen MR) is 77.4 cm³/mol. The topological polar surface area (TPSA) is 125 Å². The number of esters is 4. The van der Waals surface area contributed by atoms with E-state index in [9.17, 15) is 24.3 Å². The van der Waals surface area contributed by atoms with Gasteiger partial charge >= 0.3 is 23.9 Å². The highest BCUT2D eigenvalue weighted by Crippen LogP contribution is 2.28. The van der Waals surface area contributed by atoms with E-state index in [0.717, 1.165) is 20.8 Å². The van der Waals surface area contributed by atoms with Crippen LogP contribution in [0.25, 0.3) is 0 Å². The van der Waals surface area contributed by atoms with Crippen molar-refractivity contribution in [3.63, 3.8) is 0 Å². The molecule has 1 N–H and O–H groups in total. The molecule has 0 bridgehead atoms. The van der Waals surface area contributed by atoms with Gasteiger partial charge in [-0.15, -0.1) is 0 Å². The van der Waals surface area contributed by atoms with Gasteiger partial charge in [0.05, 0.1) is 0 Å². The van der Waals surface area contributed by atoms with Gasteiger partial charge in [-0.2, -0.15) is 0 Å². The fourth-order valence-corrected chi connectivity index (χ4v) is 2.27. The highest BCUT2D eigenvalue weighted by Gasteiger charge is 2.46. The highest BCUT2D eigenvalue weighted by atomic mass is 16.6. The summed E-state index contributed by atoms with van der Waals surface area (Å²) in [5.74, 6) is -2.72. The van der Waals surface area contributed by atoms with E-state index in [2.05, 4.69) is 0 Å². The lowest BCUT2D eigenvalue weighted by Crippen LogP contribution is -2.54. The molecule has 9 nitrogen and oxygen atoms in total. The minimum absolute atomic E-state index is 0.211. The Balaban J connectivity index is 3.21. The maximum atomic E-state index is 11.4. The molecule has 9 heteroatoms. The average Bonchev–Trinajstić information content (AvgIpc) is 2.42. The molecule has 0 unspecified atom stereocenters. The number of hydrogen-bond acceptors (Lipinski definition) is 9. The summed E-state index contributed by atoms with van der Waals surface area (Å²) in [6.45, 7) is 4.28. The van der Waals surface area contributed by atoms with Crippen LogP contribution in [-0.2, 0) is 38.1 Å². The standard InChI is InChI=1S/C15H20O9/c1-7(16)21-6-11-5-12(20)14(23-9(3)18)15(24-10(4)19)13(11)22-8(2)17/h5,12-15,20H,6H2,1-4H3/t12-,13-,14-,15-/m0/s1. The van der Waals surface area contributed by atoms with Crippen molar-refractivity contribution in [2.45, 2.75) is 52.1 Å². The normalized spacial score (nSPS) is 26.0. The first-order valence-corrected chi connectivity index (χ1v) is 7.15. The first-order chi connectivity index (χ1) is 11.1. The monoisotopic (exact) mass is 344 g/mol. The van der Waals surface area contributed by atoms with E-state index < -0.39 is 48.3 Å². The van der Waals surface area contributed by atoms with Crippen LogP contribution in [0.2, 0.25) is 0 Å². The molecule has 0 fully saturated rings. The first-order valence-electron chi connectivity index (χ1n) is 7.15. The third-order valence-corrected chi connectivity index (χ3v) is 3.05. The molecule has 0 saturated heterocycles. The zero-order chi connectivity index (χ0) is 18.4. The smallest absolute Gasteiger partial charge is 0.303 e. The number of carbonyl (C=O) groups excluding carboxylic acids is 4. The van der Waals surface area contributed by atoms with E-state index in [1.54, 1.807) is 0 Å². The summed E-state index contributed by atoms with van der Waals surface area (Å²) in [4.78, 5) is 45.0. The molecule has 4 atom stereocenters. The third kappa shape index (κ3) is 5.65. The van der Waals surface area contributed by atoms with Crippen LogP contribution in [0.4, 0.5) is 0 Å². The molecular weight excluding hydrogens is 324 g/mol. The minimum atomic E-state index is -1.34. The molecule has 0 amide bonds. The van der Waals surface area contributed by atoms with Gasteiger partial charge in [-0.1, -0.05) is 0 Å². The number of carbonyl (C=O) groups is 4. The van der Waals surface area contributed by atoms with Crippen molar-refractivity contribution in [2.24, 2.45) is 0 Å². The fourth-order valence-electron chi connectivity index (χ4n) is 2.27. The molecule has 24 heavy (non-hydrogen) atoms. The largest absolute Gasteiger partial charge is 0.461 e. The van der Waals surface area contributed by atoms with E-state index in [1.165, 1.54) is 13.0 Å². The first kappa shape index (κ1) is 19.6. The molecule has 1 rings (SSSR count). The van der Waals surface area contributed by atoms with Gasteiger partial charge in [-0.05, 0) is 6.08 Å². The zero-order valence-corrected chi connectivity index (χ0v) is 13.8. The van der Waals surface area contributed by atoms with Crippen LogP contribution in [0.15, 0.2) is 11.6 Å². The summed E-state index contributed by atoms with van der Waals surface area (Å²) in [5.41, 5.74) is 0.211. The van der Waals surface area contributed by atoms with Gasteiger partial charge in [0.1, 0.15) is 12.7 Å². The van der Waals surface area contributed by atoms with Gasteiger partial charge in [-0.3, -0.25) is 19.2 Å². The summed E-state index contributed by atoms with van der Waals surface area (Å²) in [5, 5.41) is 10.2. The van der Waals surface area contributed by atoms with Crippen LogP contribution in [0, 0.1) is 0 Å². The Morgan fingerprint density at radius 1 is 0.875 bits per heavy atom. The van der Waals surface area contributed by atoms with Gasteiger partial charge < -0.3 is 24.1 Å². The molecular formula is C15H20O9. The molecule has 134 valence electrons. The lowest BCUT2D eigenvalue weighted by atomic mass is 9.89. The molecule has 0 aromatic heterocycles. The van der Waals surface area contributed by atoms with E-state index in [1.807, 2.05) is 0 Å². The maximum Gasteiger partial charge on any atom is 0.303 e. The van der Waals surface area contributed by atoms with Gasteiger partial charge in [0.25, 0.3) is 0 Å². The van der Waals surface area contributed by atoms with E-state index in [-0.39, 0.29) is 12.2 Å². The van der Waals surface area contributed by atoms with Crippen molar-refractivity contribution in [1.29, 1.82) is 0 Å². The third-order valence-electron chi connectivity index (χ3n) is 3.05. The van der Waals surface area contributed by atoms with Crippen LogP contribution < -0.4 is 0 Å². The Morgan fingerprint density at radius 2 is 1.38 bits per heavy atom. The molecule has 1 aliphatic carbocycles. The fraction of sp³-hybridized carbons (Fsp3) is 0.600. The summed E-state index contributed by atoms with van der Waals surface area (Å²) in [6.07, 6.45) is -3.81. The van der Waals surface area contributed by atoms with Gasteiger partial charge in [0.2, 0.25) is 0 Å². The Kier molecular flexibility index (Phi) is 6.90. The SMILES string of the molecule is CC(=O)OCC1=C[C@H](O)[C@H](OC(C)=O)[C@@H](OC(C)=O)[C@H]1OC(C)=O. The number of hydrogen-bond donors (Lipinski definition) is 1. The molecule has 0 aliphatic heterocycles. The molecule has 0 radical (unpaired) electrons. The molecule has 0 aromatic rings. The second kappa shape index (κ2) is 8.44. The number of ether oxygens (including phenoxy) is 4. The Hall–Kier alpha value is -2.42. The lowest BCUT2D eigenvalue weighted by Gasteiger charge is -2.38. The predicted octanol–water partition coefficient (Wildman–Crippen LogP) is -0.355. The Bertz CT molecular complexity index is 551. The van der Waals surface area contributed by atoms with Crippen molar-refractivity contribution in [1.82, 2.24) is 0 Å². The van der Waals surface area contributed by atoms with Gasteiger partial charge in [-0.25, -0.2) is 0 Å². The van der Waals surface area contributed by atoms with E-state index >= 15 is 0 Å². The molecule has 0 saturated carbocycles. The van der Waals surface area contributed by atoms with Gasteiger partial charge in [0, 0.05) is 33.3 Å². The minimum Gasteiger partial charge on any atom is -0.461 e. The molecule has 0 heterocycles. The Morgan fingerprint density at radius 3 is 1.83 bits per heavy atom. The van der Waals surface area contributed by atoms with Gasteiger partial charge in [0.15, 0.2) is 18.3 Å². The Labute approximate surface area is 138 Å². The second-order valence-electron chi connectivity index (χ2n) is 5.19. The van der Waals surface area contributed by atoms with Crippen LogP contribution in [-0.4, -0.2) is 60.0 Å². The van der Waals surface area contributed by atoms with Crippen molar-refractivity contribution >= 4 is 23.9 Å². The molecule has 1 aliphatic rings. The quantitative estimate of drug-likeness (QED) is 0.404. The second-order valence-corrected chi connectivity index (χ2v) is 5.19. The van der Waals surface area contributed by atoms with Crippen LogP contribution >= 0.6 is 0 Å². The maximum absolute atomic E-state index is 11.4. The zero-order valence-electron chi connectivity index (χ0n) is 13.8. The molecule has 0 spiro atoms. The lowest BCUT2D eigenvalue weighted by molar-refractivity contribution is -0.190. The van der Waals surface area contributed by atoms with Crippen molar-refractivity contribution in [3.05, 3.63) is 11.6 Å².